The summed E-state index contributed by atoms with van der Waals surface area (Å²) in [6.45, 7) is 1.52. The van der Waals surface area contributed by atoms with Gasteiger partial charge in [-0.05, 0) is 63.6 Å². The van der Waals surface area contributed by atoms with E-state index in [0.717, 1.165) is 14.9 Å². The van der Waals surface area contributed by atoms with Crippen molar-refractivity contribution in [2.45, 2.75) is 11.1 Å². The molecular formula is C11H9BrIN3O3S2. The summed E-state index contributed by atoms with van der Waals surface area (Å²) < 4.78 is 24.2. The van der Waals surface area contributed by atoms with Crippen LogP contribution in [0.4, 0.5) is 5.13 Å². The topological polar surface area (TPSA) is 102 Å². The Labute approximate surface area is 147 Å². The Bertz CT molecular complexity index is 820. The highest BCUT2D eigenvalue weighted by Crippen LogP contribution is 2.27. The molecule has 0 fully saturated rings. The van der Waals surface area contributed by atoms with Crippen LogP contribution >= 0.6 is 49.9 Å². The van der Waals surface area contributed by atoms with Crippen LogP contribution in [0.1, 0.15) is 16.1 Å². The summed E-state index contributed by atoms with van der Waals surface area (Å²) in [7, 11) is -3.83. The fourth-order valence-electron chi connectivity index (χ4n) is 1.54. The average Bonchev–Trinajstić information content (AvgIpc) is 2.73. The van der Waals surface area contributed by atoms with Crippen molar-refractivity contribution >= 4 is 70.9 Å². The molecule has 112 valence electrons. The number of carbonyl (C=O) groups is 1. The van der Waals surface area contributed by atoms with Gasteiger partial charge in [-0.1, -0.05) is 11.3 Å². The fraction of sp³-hybridized carbons (Fsp3) is 0.0909. The first kappa shape index (κ1) is 16.8. The van der Waals surface area contributed by atoms with E-state index in [1.54, 1.807) is 12.1 Å². The van der Waals surface area contributed by atoms with E-state index in [1.165, 1.54) is 6.92 Å². The lowest BCUT2D eigenvalue weighted by Crippen LogP contribution is -2.12. The largest absolute Gasteiger partial charge is 0.298 e. The van der Waals surface area contributed by atoms with Gasteiger partial charge in [-0.25, -0.2) is 18.5 Å². The highest BCUT2D eigenvalue weighted by atomic mass is 127. The van der Waals surface area contributed by atoms with E-state index >= 15 is 0 Å². The molecule has 6 nitrogen and oxygen atoms in total. The Morgan fingerprint density at radius 1 is 1.48 bits per heavy atom. The molecule has 0 bridgehead atoms. The maximum absolute atomic E-state index is 12.2. The van der Waals surface area contributed by atoms with Crippen LogP contribution in [-0.4, -0.2) is 19.3 Å². The summed E-state index contributed by atoms with van der Waals surface area (Å²) in [5.41, 5.74) is 0.700. The summed E-state index contributed by atoms with van der Waals surface area (Å²) in [4.78, 5) is 16.2. The third-order valence-electron chi connectivity index (χ3n) is 2.41. The molecule has 10 heteroatoms. The maximum Gasteiger partial charge on any atom is 0.258 e. The summed E-state index contributed by atoms with van der Waals surface area (Å²) in [5, 5.41) is 7.84. The molecule has 1 aromatic heterocycles. The third kappa shape index (κ3) is 4.00. The smallest absolute Gasteiger partial charge is 0.258 e. The molecule has 0 spiro atoms. The van der Waals surface area contributed by atoms with E-state index in [9.17, 15) is 13.2 Å². The van der Waals surface area contributed by atoms with Crippen LogP contribution in [0.3, 0.4) is 0 Å². The maximum atomic E-state index is 12.2. The van der Waals surface area contributed by atoms with Gasteiger partial charge in [0.05, 0.1) is 11.3 Å². The van der Waals surface area contributed by atoms with Crippen LogP contribution in [0.15, 0.2) is 26.9 Å². The molecule has 3 N–H and O–H groups in total. The predicted octanol–water partition coefficient (Wildman–Crippen LogP) is 2.72. The number of rotatable bonds is 3. The molecule has 21 heavy (non-hydrogen) atoms. The van der Waals surface area contributed by atoms with Crippen molar-refractivity contribution < 1.29 is 13.2 Å². The number of amides is 1. The van der Waals surface area contributed by atoms with E-state index < -0.39 is 10.0 Å². The van der Waals surface area contributed by atoms with Gasteiger partial charge in [-0.2, -0.15) is 0 Å². The number of nitrogens with two attached hydrogens (primary N) is 1. The van der Waals surface area contributed by atoms with Crippen molar-refractivity contribution in [2.75, 3.05) is 5.32 Å². The van der Waals surface area contributed by atoms with E-state index in [1.807, 2.05) is 6.07 Å². The number of thiazole rings is 1. The zero-order chi connectivity index (χ0) is 15.8. The number of nitrogens with one attached hydrogen (secondary N) is 1. The van der Waals surface area contributed by atoms with E-state index in [2.05, 4.69) is 48.8 Å². The molecule has 0 radical (unpaired) electrons. The van der Waals surface area contributed by atoms with Crippen LogP contribution in [0, 0.1) is 10.5 Å². The van der Waals surface area contributed by atoms with Gasteiger partial charge in [-0.3, -0.25) is 10.1 Å². The number of carbonyl (C=O) groups excluding carboxylic acids is 1. The normalized spacial score (nSPS) is 11.4. The number of halogens is 2. The number of primary sulfonamides is 1. The van der Waals surface area contributed by atoms with Crippen molar-refractivity contribution in [3.8, 4) is 0 Å². The number of hydrogen-bond donors (Lipinski definition) is 2. The number of aryl methyl sites for hydroxylation is 1. The molecule has 1 aromatic carbocycles. The van der Waals surface area contributed by atoms with Crippen LogP contribution in [0.25, 0.3) is 0 Å². The van der Waals surface area contributed by atoms with Crippen LogP contribution < -0.4 is 10.5 Å². The standard InChI is InChI=1S/C11H9BrIN3O3S2/c1-5-10(21(14,18)19)20-11(15-5)16-9(17)7-4-6(13)2-3-8(7)12/h2-4H,1H3,(H2,14,18,19)(H,15,16,17). The second-order valence-electron chi connectivity index (χ2n) is 4.02. The van der Waals surface area contributed by atoms with Gasteiger partial charge in [0.2, 0.25) is 10.0 Å². The molecule has 1 heterocycles. The van der Waals surface area contributed by atoms with E-state index in [0.29, 0.717) is 10.0 Å². The van der Waals surface area contributed by atoms with Crippen molar-refractivity contribution in [1.82, 2.24) is 4.98 Å². The Balaban J connectivity index is 2.30. The number of aromatic nitrogens is 1. The second-order valence-corrected chi connectivity index (χ2v) is 8.87. The Kier molecular flexibility index (Phi) is 5.03. The number of hydrogen-bond acceptors (Lipinski definition) is 5. The van der Waals surface area contributed by atoms with Gasteiger partial charge in [0.25, 0.3) is 5.91 Å². The molecule has 0 unspecified atom stereocenters. The summed E-state index contributed by atoms with van der Waals surface area (Å²) >= 11 is 6.22. The minimum absolute atomic E-state index is 0.0560. The van der Waals surface area contributed by atoms with Gasteiger partial charge in [0.15, 0.2) is 9.34 Å². The van der Waals surface area contributed by atoms with Crippen molar-refractivity contribution in [3.05, 3.63) is 37.5 Å². The zero-order valence-electron chi connectivity index (χ0n) is 10.6. The molecule has 0 aliphatic carbocycles. The Morgan fingerprint density at radius 3 is 2.71 bits per heavy atom. The minimum atomic E-state index is -3.83. The molecule has 2 aromatic rings. The lowest BCUT2D eigenvalue weighted by molar-refractivity contribution is 0.102. The third-order valence-corrected chi connectivity index (χ3v) is 6.40. The quantitative estimate of drug-likeness (QED) is 0.631. The highest BCUT2D eigenvalue weighted by molar-refractivity contribution is 14.1. The molecule has 0 saturated carbocycles. The summed E-state index contributed by atoms with van der Waals surface area (Å²) in [6, 6.07) is 5.33. The number of nitrogens with zero attached hydrogens (tertiary/aromatic N) is 1. The molecule has 0 atom stereocenters. The van der Waals surface area contributed by atoms with Gasteiger partial charge < -0.3 is 0 Å². The lowest BCUT2D eigenvalue weighted by Gasteiger charge is -2.04. The minimum Gasteiger partial charge on any atom is -0.298 e. The predicted molar refractivity (Wildman–Crippen MR) is 93.0 cm³/mol. The SMILES string of the molecule is Cc1nc(NC(=O)c2cc(I)ccc2Br)sc1S(N)(=O)=O. The lowest BCUT2D eigenvalue weighted by atomic mass is 10.2. The summed E-state index contributed by atoms with van der Waals surface area (Å²) in [6.07, 6.45) is 0. The second kappa shape index (κ2) is 6.28. The first-order chi connectivity index (χ1) is 9.68. The molecule has 0 aliphatic rings. The van der Waals surface area contributed by atoms with Gasteiger partial charge >= 0.3 is 0 Å². The van der Waals surface area contributed by atoms with E-state index in [-0.39, 0.29) is 20.9 Å². The average molecular weight is 502 g/mol. The Morgan fingerprint density at radius 2 is 2.14 bits per heavy atom. The Hall–Kier alpha value is -0.560. The molecule has 0 aliphatic heterocycles. The first-order valence-corrected chi connectivity index (χ1v) is 9.68. The zero-order valence-corrected chi connectivity index (χ0v) is 15.9. The number of benzene rings is 1. The van der Waals surface area contributed by atoms with Gasteiger partial charge in [0, 0.05) is 8.04 Å². The molecular weight excluding hydrogens is 493 g/mol. The highest BCUT2D eigenvalue weighted by Gasteiger charge is 2.19. The first-order valence-electron chi connectivity index (χ1n) is 5.45. The molecule has 2 rings (SSSR count). The van der Waals surface area contributed by atoms with Crippen molar-refractivity contribution in [1.29, 1.82) is 0 Å². The summed E-state index contributed by atoms with van der Waals surface area (Å²) in [5.74, 6) is -0.380. The van der Waals surface area contributed by atoms with Gasteiger partial charge in [0.1, 0.15) is 0 Å². The van der Waals surface area contributed by atoms with Crippen molar-refractivity contribution in [3.63, 3.8) is 0 Å². The monoisotopic (exact) mass is 501 g/mol. The van der Waals surface area contributed by atoms with E-state index in [4.69, 9.17) is 5.14 Å². The number of sulfonamides is 1. The fourth-order valence-corrected chi connectivity index (χ4v) is 4.31. The van der Waals surface area contributed by atoms with Gasteiger partial charge in [-0.15, -0.1) is 0 Å². The van der Waals surface area contributed by atoms with Crippen LogP contribution in [0.2, 0.25) is 0 Å². The van der Waals surface area contributed by atoms with Crippen LogP contribution in [-0.2, 0) is 10.0 Å². The molecule has 1 amide bonds. The van der Waals surface area contributed by atoms with Crippen molar-refractivity contribution in [2.24, 2.45) is 5.14 Å². The number of anilines is 1. The molecule has 0 saturated heterocycles. The van der Waals surface area contributed by atoms with Crippen LogP contribution in [0.5, 0.6) is 0 Å².